The highest BCUT2D eigenvalue weighted by atomic mass is 32.2. The third-order valence-electron chi connectivity index (χ3n) is 6.99. The van der Waals surface area contributed by atoms with E-state index < -0.39 is 21.9 Å². The van der Waals surface area contributed by atoms with Crippen molar-refractivity contribution < 1.29 is 14.4 Å². The van der Waals surface area contributed by atoms with Crippen LogP contribution in [0.4, 0.5) is 0 Å². The molecule has 0 aromatic carbocycles. The molecule has 2 fully saturated rings. The summed E-state index contributed by atoms with van der Waals surface area (Å²) in [7, 11) is -2.62. The van der Waals surface area contributed by atoms with Crippen LogP contribution in [-0.2, 0) is 9.73 Å². The van der Waals surface area contributed by atoms with Crippen LogP contribution in [0.5, 0.6) is 0 Å². The second-order valence-electron chi connectivity index (χ2n) is 9.31. The Bertz CT molecular complexity index is 893. The van der Waals surface area contributed by atoms with Gasteiger partial charge >= 0.3 is 0 Å². The lowest BCUT2D eigenvalue weighted by atomic mass is 9.62. The van der Waals surface area contributed by atoms with Crippen LogP contribution in [0.25, 0.3) is 0 Å². The number of hydrogen-bond acceptors (Lipinski definition) is 4. The van der Waals surface area contributed by atoms with Crippen LogP contribution in [-0.4, -0.2) is 32.9 Å². The van der Waals surface area contributed by atoms with Gasteiger partial charge in [-0.3, -0.25) is 0 Å². The highest BCUT2D eigenvalue weighted by molar-refractivity contribution is 7.94. The first kappa shape index (κ1) is 22.3. The van der Waals surface area contributed by atoms with E-state index in [1.54, 1.807) is 5.41 Å². The summed E-state index contributed by atoms with van der Waals surface area (Å²) in [4.78, 5) is 0. The van der Waals surface area contributed by atoms with Crippen molar-refractivity contribution >= 4 is 9.73 Å². The maximum atomic E-state index is 11.7. The van der Waals surface area contributed by atoms with Crippen molar-refractivity contribution in [3.05, 3.63) is 58.6 Å². The molecule has 3 aliphatic carbocycles. The molecule has 5 heteroatoms. The van der Waals surface area contributed by atoms with E-state index in [-0.39, 0.29) is 11.3 Å². The summed E-state index contributed by atoms with van der Waals surface area (Å²) in [6.45, 7) is 8.50. The Balaban J connectivity index is 1.82. The van der Waals surface area contributed by atoms with Crippen molar-refractivity contribution in [3.8, 4) is 0 Å². The molecule has 0 heterocycles. The van der Waals surface area contributed by atoms with E-state index in [4.69, 9.17) is 4.78 Å². The smallest absolute Gasteiger partial charge is 0.0811 e. The SMILES string of the molecule is C=C1/C(=C\C=C2/CCC[C@]3(C)C([C@H](C)/C=C/S(C)(=N)=O)=CC[C@@H]23)C[C@@H](O)C[C@@H]1O. The topological polar surface area (TPSA) is 81.4 Å². The Morgan fingerprint density at radius 3 is 2.79 bits per heavy atom. The molecule has 0 amide bonds. The van der Waals surface area contributed by atoms with Crippen LogP contribution in [0.15, 0.2) is 58.6 Å². The Labute approximate surface area is 175 Å². The number of nitrogens with one attached hydrogen (secondary N) is 1. The second kappa shape index (κ2) is 8.37. The number of rotatable bonds is 4. The Morgan fingerprint density at radius 1 is 1.38 bits per heavy atom. The highest BCUT2D eigenvalue weighted by Gasteiger charge is 2.45. The summed E-state index contributed by atoms with van der Waals surface area (Å²) < 4.78 is 19.3. The zero-order chi connectivity index (χ0) is 21.4. The largest absolute Gasteiger partial charge is 0.393 e. The van der Waals surface area contributed by atoms with Crippen molar-refractivity contribution in [3.63, 3.8) is 0 Å². The van der Waals surface area contributed by atoms with Crippen molar-refractivity contribution in [2.45, 2.75) is 64.6 Å². The maximum absolute atomic E-state index is 11.7. The number of aliphatic hydroxyl groups is 2. The highest BCUT2D eigenvalue weighted by Crippen LogP contribution is 2.56. The normalized spacial score (nSPS) is 38.9. The molecule has 6 atom stereocenters. The number of hydrogen-bond donors (Lipinski definition) is 3. The lowest BCUT2D eigenvalue weighted by Crippen LogP contribution is -2.32. The van der Waals surface area contributed by atoms with E-state index in [1.807, 2.05) is 6.08 Å². The van der Waals surface area contributed by atoms with Gasteiger partial charge in [-0.2, -0.15) is 0 Å². The average molecular weight is 418 g/mol. The Morgan fingerprint density at radius 2 is 2.10 bits per heavy atom. The summed E-state index contributed by atoms with van der Waals surface area (Å²) >= 11 is 0. The minimum absolute atomic E-state index is 0.0889. The van der Waals surface area contributed by atoms with E-state index in [1.165, 1.54) is 17.4 Å². The molecular weight excluding hydrogens is 382 g/mol. The number of fused-ring (bicyclic) bond motifs is 1. The van der Waals surface area contributed by atoms with E-state index in [0.29, 0.717) is 18.8 Å². The molecule has 0 saturated heterocycles. The molecule has 160 valence electrons. The molecule has 1 unspecified atom stereocenters. The fraction of sp³-hybridized carbons (Fsp3) is 0.583. The van der Waals surface area contributed by atoms with Gasteiger partial charge in [0.25, 0.3) is 0 Å². The molecule has 0 aromatic heterocycles. The predicted octanol–water partition coefficient (Wildman–Crippen LogP) is 4.87. The van der Waals surface area contributed by atoms with Gasteiger partial charge in [0.05, 0.1) is 21.9 Å². The number of allylic oxidation sites excluding steroid dienone is 6. The molecular formula is C24H35NO3S. The molecule has 0 spiro atoms. The molecule has 4 nitrogen and oxygen atoms in total. The van der Waals surface area contributed by atoms with Gasteiger partial charge in [0.1, 0.15) is 0 Å². The second-order valence-corrected chi connectivity index (χ2v) is 11.4. The van der Waals surface area contributed by atoms with E-state index in [0.717, 1.165) is 36.8 Å². The van der Waals surface area contributed by atoms with Gasteiger partial charge in [-0.1, -0.05) is 55.9 Å². The molecule has 3 rings (SSSR count). The van der Waals surface area contributed by atoms with Crippen molar-refractivity contribution in [2.24, 2.45) is 17.3 Å². The molecule has 0 bridgehead atoms. The fourth-order valence-corrected chi connectivity index (χ4v) is 5.93. The summed E-state index contributed by atoms with van der Waals surface area (Å²) in [5.74, 6) is 0.630. The van der Waals surface area contributed by atoms with Crippen LogP contribution < -0.4 is 0 Å². The van der Waals surface area contributed by atoms with E-state index in [9.17, 15) is 14.4 Å². The van der Waals surface area contributed by atoms with Crippen LogP contribution >= 0.6 is 0 Å². The molecule has 2 saturated carbocycles. The first-order chi connectivity index (χ1) is 13.5. The third kappa shape index (κ3) is 4.84. The first-order valence-corrected chi connectivity index (χ1v) is 12.6. The van der Waals surface area contributed by atoms with Gasteiger partial charge in [-0.25, -0.2) is 8.99 Å². The lowest BCUT2D eigenvalue weighted by molar-refractivity contribution is 0.0862. The zero-order valence-corrected chi connectivity index (χ0v) is 18.7. The van der Waals surface area contributed by atoms with Gasteiger partial charge in [0.15, 0.2) is 0 Å². The molecule has 29 heavy (non-hydrogen) atoms. The molecule has 0 aromatic rings. The van der Waals surface area contributed by atoms with Crippen LogP contribution in [0.3, 0.4) is 0 Å². The maximum Gasteiger partial charge on any atom is 0.0811 e. The van der Waals surface area contributed by atoms with Crippen molar-refractivity contribution in [2.75, 3.05) is 6.26 Å². The van der Waals surface area contributed by atoms with Crippen LogP contribution in [0.1, 0.15) is 52.4 Å². The van der Waals surface area contributed by atoms with E-state index in [2.05, 4.69) is 38.7 Å². The van der Waals surface area contributed by atoms with Gasteiger partial charge < -0.3 is 10.2 Å². The van der Waals surface area contributed by atoms with Gasteiger partial charge in [0.2, 0.25) is 0 Å². The Hall–Kier alpha value is -1.43. The first-order valence-electron chi connectivity index (χ1n) is 10.6. The lowest BCUT2D eigenvalue weighted by Gasteiger charge is -2.42. The van der Waals surface area contributed by atoms with Crippen LogP contribution in [0, 0.1) is 22.0 Å². The van der Waals surface area contributed by atoms with E-state index >= 15 is 0 Å². The summed E-state index contributed by atoms with van der Waals surface area (Å²) in [6.07, 6.45) is 14.1. The predicted molar refractivity (Wildman–Crippen MR) is 120 cm³/mol. The summed E-state index contributed by atoms with van der Waals surface area (Å²) in [5, 5.41) is 21.6. The minimum atomic E-state index is -2.62. The fourth-order valence-electron chi connectivity index (χ4n) is 5.39. The van der Waals surface area contributed by atoms with Crippen LogP contribution in [0.2, 0.25) is 0 Å². The van der Waals surface area contributed by atoms with Crippen molar-refractivity contribution in [1.29, 1.82) is 4.78 Å². The summed E-state index contributed by atoms with van der Waals surface area (Å²) in [5.41, 5.74) is 4.59. The van der Waals surface area contributed by atoms with Gasteiger partial charge in [-0.05, 0) is 60.5 Å². The number of aliphatic hydroxyl groups excluding tert-OH is 2. The molecule has 3 aliphatic rings. The standard InChI is InChI=1S/C24H35NO3S/c1-16(11-13-29(4,25)28)21-9-10-22-18(6-5-12-24(21,22)3)7-8-19-14-20(26)15-23(27)17(19)2/h7-9,11,13,16,20,22-23,25-27H,2,5-6,10,12,14-15H2,1,3-4H3/b13-11+,18-7+,19-8-/t16-,20-,22+,23+,24-,29?/m1/s1. The molecule has 0 aliphatic heterocycles. The van der Waals surface area contributed by atoms with Crippen molar-refractivity contribution in [1.82, 2.24) is 0 Å². The molecule has 3 N–H and O–H groups in total. The molecule has 0 radical (unpaired) electrons. The van der Waals surface area contributed by atoms with Gasteiger partial charge in [-0.15, -0.1) is 0 Å². The monoisotopic (exact) mass is 417 g/mol. The average Bonchev–Trinajstić information content (AvgIpc) is 2.98. The Kier molecular flexibility index (Phi) is 6.42. The zero-order valence-electron chi connectivity index (χ0n) is 17.9. The summed E-state index contributed by atoms with van der Waals surface area (Å²) in [6, 6.07) is 0. The third-order valence-corrected chi connectivity index (χ3v) is 7.67. The quantitative estimate of drug-likeness (QED) is 0.571. The van der Waals surface area contributed by atoms with Gasteiger partial charge in [0, 0.05) is 18.1 Å². The minimum Gasteiger partial charge on any atom is -0.393 e.